The van der Waals surface area contributed by atoms with Crippen molar-refractivity contribution in [1.29, 1.82) is 0 Å². The van der Waals surface area contributed by atoms with E-state index in [1.54, 1.807) is 0 Å². The van der Waals surface area contributed by atoms with Gasteiger partial charge in [-0.15, -0.1) is 0 Å². The minimum absolute atomic E-state index is 0.0104. The molecule has 13 heavy (non-hydrogen) atoms. The number of rotatable bonds is 2. The largest absolute Gasteiger partial charge is 0.378 e. The first-order chi connectivity index (χ1) is 6.09. The zero-order chi connectivity index (χ0) is 9.47. The molecule has 2 N–H and O–H groups in total. The summed E-state index contributed by atoms with van der Waals surface area (Å²) < 4.78 is 29.0. The lowest BCUT2D eigenvalue weighted by molar-refractivity contribution is 0.0247. The third kappa shape index (κ3) is 2.01. The van der Waals surface area contributed by atoms with Crippen LogP contribution in [-0.4, -0.2) is 38.5 Å². The van der Waals surface area contributed by atoms with E-state index in [9.17, 15) is 8.42 Å². The summed E-state index contributed by atoms with van der Waals surface area (Å²) in [5.41, 5.74) is 0. The number of nitrogens with two attached hydrogens (primary N) is 1. The maximum absolute atomic E-state index is 11.2. The van der Waals surface area contributed by atoms with Crippen molar-refractivity contribution in [3.63, 3.8) is 0 Å². The van der Waals surface area contributed by atoms with Crippen molar-refractivity contribution in [2.45, 2.75) is 18.9 Å². The van der Waals surface area contributed by atoms with Gasteiger partial charge in [0.1, 0.15) is 0 Å². The normalized spacial score (nSPS) is 31.9. The van der Waals surface area contributed by atoms with Crippen LogP contribution in [0.25, 0.3) is 0 Å². The molecule has 1 aliphatic carbocycles. The van der Waals surface area contributed by atoms with E-state index in [1.807, 2.05) is 0 Å². The molecule has 1 saturated heterocycles. The summed E-state index contributed by atoms with van der Waals surface area (Å²) in [4.78, 5) is 0. The van der Waals surface area contributed by atoms with Crippen molar-refractivity contribution < 1.29 is 13.2 Å². The molecule has 0 aromatic rings. The van der Waals surface area contributed by atoms with Gasteiger partial charge in [-0.1, -0.05) is 0 Å². The second kappa shape index (κ2) is 3.20. The molecule has 0 amide bonds. The Morgan fingerprint density at radius 1 is 1.38 bits per heavy atom. The predicted molar refractivity (Wildman–Crippen MR) is 47.1 cm³/mol. The van der Waals surface area contributed by atoms with E-state index in [4.69, 9.17) is 9.88 Å². The van der Waals surface area contributed by atoms with Gasteiger partial charge >= 0.3 is 0 Å². The van der Waals surface area contributed by atoms with Crippen LogP contribution in [0.3, 0.4) is 0 Å². The fraction of sp³-hybridized carbons (Fsp3) is 1.00. The summed E-state index contributed by atoms with van der Waals surface area (Å²) in [6.45, 7) is 1.36. The Morgan fingerprint density at radius 3 is 2.62 bits per heavy atom. The Labute approximate surface area is 78.0 Å². The fourth-order valence-corrected chi connectivity index (χ4v) is 2.72. The molecule has 2 fully saturated rings. The van der Waals surface area contributed by atoms with Crippen LogP contribution in [-0.2, 0) is 14.9 Å². The monoisotopic (exact) mass is 206 g/mol. The third-order valence-electron chi connectivity index (χ3n) is 2.61. The first kappa shape index (κ1) is 9.39. The van der Waals surface area contributed by atoms with Crippen molar-refractivity contribution in [3.05, 3.63) is 0 Å². The molecule has 0 spiro atoms. The van der Waals surface area contributed by atoms with Crippen LogP contribution in [0, 0.1) is 5.92 Å². The van der Waals surface area contributed by atoms with Gasteiger partial charge in [0.25, 0.3) is 10.2 Å². The van der Waals surface area contributed by atoms with Crippen LogP contribution < -0.4 is 5.14 Å². The van der Waals surface area contributed by atoms with E-state index >= 15 is 0 Å². The lowest BCUT2D eigenvalue weighted by Crippen LogP contribution is -2.52. The number of morpholine rings is 1. The number of nitrogens with zero attached hydrogens (tertiary/aromatic N) is 1. The van der Waals surface area contributed by atoms with Crippen molar-refractivity contribution in [2.75, 3.05) is 19.8 Å². The molecule has 0 radical (unpaired) electrons. The van der Waals surface area contributed by atoms with E-state index in [2.05, 4.69) is 0 Å². The molecule has 1 unspecified atom stereocenters. The van der Waals surface area contributed by atoms with Crippen molar-refractivity contribution in [3.8, 4) is 0 Å². The van der Waals surface area contributed by atoms with Gasteiger partial charge in [0.15, 0.2) is 0 Å². The lowest BCUT2D eigenvalue weighted by Gasteiger charge is -2.33. The Morgan fingerprint density at radius 2 is 2.08 bits per heavy atom. The topological polar surface area (TPSA) is 72.6 Å². The second-order valence-corrected chi connectivity index (χ2v) is 5.13. The van der Waals surface area contributed by atoms with E-state index < -0.39 is 10.2 Å². The summed E-state index contributed by atoms with van der Waals surface area (Å²) in [7, 11) is -3.53. The van der Waals surface area contributed by atoms with Gasteiger partial charge < -0.3 is 4.74 Å². The van der Waals surface area contributed by atoms with Crippen LogP contribution in [0.15, 0.2) is 0 Å². The van der Waals surface area contributed by atoms with Crippen LogP contribution >= 0.6 is 0 Å². The molecular formula is C7H14N2O3S. The molecule has 0 aromatic heterocycles. The highest BCUT2D eigenvalue weighted by molar-refractivity contribution is 7.86. The molecule has 0 aromatic carbocycles. The Kier molecular flexibility index (Phi) is 2.31. The first-order valence-electron chi connectivity index (χ1n) is 4.46. The lowest BCUT2D eigenvalue weighted by atomic mass is 10.2. The Bertz CT molecular complexity index is 286. The average molecular weight is 206 g/mol. The summed E-state index contributed by atoms with van der Waals surface area (Å²) in [5, 5.41) is 5.11. The summed E-state index contributed by atoms with van der Waals surface area (Å²) >= 11 is 0. The summed E-state index contributed by atoms with van der Waals surface area (Å²) in [6.07, 6.45) is 2.19. The van der Waals surface area contributed by atoms with Gasteiger partial charge in [-0.3, -0.25) is 0 Å². The molecule has 76 valence electrons. The highest BCUT2D eigenvalue weighted by atomic mass is 32.2. The highest BCUT2D eigenvalue weighted by Crippen LogP contribution is 2.36. The summed E-state index contributed by atoms with van der Waals surface area (Å²) in [6, 6.07) is -0.0104. The molecule has 0 bridgehead atoms. The van der Waals surface area contributed by atoms with Crippen LogP contribution in [0.2, 0.25) is 0 Å². The molecule has 6 heteroatoms. The van der Waals surface area contributed by atoms with E-state index in [0.717, 1.165) is 12.8 Å². The summed E-state index contributed by atoms with van der Waals surface area (Å²) in [5.74, 6) is 0.471. The predicted octanol–water partition coefficient (Wildman–Crippen LogP) is -0.699. The van der Waals surface area contributed by atoms with E-state index in [-0.39, 0.29) is 6.04 Å². The van der Waals surface area contributed by atoms with Gasteiger partial charge in [0, 0.05) is 6.54 Å². The zero-order valence-electron chi connectivity index (χ0n) is 7.35. The van der Waals surface area contributed by atoms with Gasteiger partial charge in [0.05, 0.1) is 19.3 Å². The standard InChI is InChI=1S/C7H14N2O3S/c8-13(10,11)9-3-4-12-5-7(9)6-1-2-6/h6-7H,1-5H2,(H2,8,10,11). The molecule has 1 atom stereocenters. The van der Waals surface area contributed by atoms with E-state index in [0.29, 0.717) is 25.7 Å². The van der Waals surface area contributed by atoms with Gasteiger partial charge in [-0.25, -0.2) is 5.14 Å². The second-order valence-electron chi connectivity index (χ2n) is 3.64. The molecule has 1 aliphatic heterocycles. The maximum atomic E-state index is 11.2. The molecule has 2 rings (SSSR count). The van der Waals surface area contributed by atoms with Crippen LogP contribution in [0.1, 0.15) is 12.8 Å². The number of hydrogen-bond donors (Lipinski definition) is 1. The maximum Gasteiger partial charge on any atom is 0.277 e. The van der Waals surface area contributed by atoms with Crippen molar-refractivity contribution in [2.24, 2.45) is 11.1 Å². The smallest absolute Gasteiger partial charge is 0.277 e. The SMILES string of the molecule is NS(=O)(=O)N1CCOCC1C1CC1. The fourth-order valence-electron chi connectivity index (χ4n) is 1.78. The average Bonchev–Trinajstić information content (AvgIpc) is 2.85. The number of ether oxygens (including phenoxy) is 1. The van der Waals surface area contributed by atoms with E-state index in [1.165, 1.54) is 4.31 Å². The highest BCUT2D eigenvalue weighted by Gasteiger charge is 2.41. The van der Waals surface area contributed by atoms with Gasteiger partial charge in [-0.05, 0) is 18.8 Å². The van der Waals surface area contributed by atoms with Gasteiger partial charge in [-0.2, -0.15) is 12.7 Å². The molecule has 1 saturated carbocycles. The number of hydrogen-bond acceptors (Lipinski definition) is 3. The molecular weight excluding hydrogens is 192 g/mol. The quantitative estimate of drug-likeness (QED) is 0.649. The van der Waals surface area contributed by atoms with Crippen LogP contribution in [0.4, 0.5) is 0 Å². The van der Waals surface area contributed by atoms with Crippen LogP contribution in [0.5, 0.6) is 0 Å². The zero-order valence-corrected chi connectivity index (χ0v) is 8.16. The molecule has 5 nitrogen and oxygen atoms in total. The Hall–Kier alpha value is -0.170. The van der Waals surface area contributed by atoms with Gasteiger partial charge in [0.2, 0.25) is 0 Å². The minimum Gasteiger partial charge on any atom is -0.378 e. The Balaban J connectivity index is 2.12. The minimum atomic E-state index is -3.53. The van der Waals surface area contributed by atoms with Crippen molar-refractivity contribution >= 4 is 10.2 Å². The first-order valence-corrected chi connectivity index (χ1v) is 5.96. The third-order valence-corrected chi connectivity index (χ3v) is 3.71. The molecule has 2 aliphatic rings. The molecule has 1 heterocycles. The van der Waals surface area contributed by atoms with Crippen molar-refractivity contribution in [1.82, 2.24) is 4.31 Å².